The average Bonchev–Trinajstić information content (AvgIpc) is 2.75. The molecule has 0 radical (unpaired) electrons. The molecule has 1 fully saturated rings. The Bertz CT molecular complexity index is 467. The Labute approximate surface area is 115 Å². The number of aromatic nitrogens is 1. The van der Waals surface area contributed by atoms with E-state index in [2.05, 4.69) is 10.3 Å². The summed E-state index contributed by atoms with van der Waals surface area (Å²) in [5, 5.41) is 14.3. The van der Waals surface area contributed by atoms with Gasteiger partial charge in [-0.2, -0.15) is 0 Å². The van der Waals surface area contributed by atoms with E-state index in [1.807, 2.05) is 19.2 Å². The molecule has 2 amide bonds. The zero-order chi connectivity index (χ0) is 14.0. The monoisotopic (exact) mass is 283 g/mol. The minimum Gasteiger partial charge on any atom is -0.481 e. The van der Waals surface area contributed by atoms with Crippen molar-refractivity contribution in [3.8, 4) is 0 Å². The Hall–Kier alpha value is -1.63. The van der Waals surface area contributed by atoms with Crippen LogP contribution in [0.25, 0.3) is 0 Å². The topological polar surface area (TPSA) is 82.5 Å². The molecule has 0 spiro atoms. The number of hydrogen-bond acceptors (Lipinski definition) is 4. The number of aliphatic carboxylic acids is 1. The third kappa shape index (κ3) is 3.23. The van der Waals surface area contributed by atoms with Crippen molar-refractivity contribution in [3.63, 3.8) is 0 Å². The van der Waals surface area contributed by atoms with E-state index in [4.69, 9.17) is 5.11 Å². The Balaban J connectivity index is 1.84. The second-order valence-electron chi connectivity index (χ2n) is 5.26. The van der Waals surface area contributed by atoms with Crippen LogP contribution in [-0.2, 0) is 10.3 Å². The fourth-order valence-corrected chi connectivity index (χ4v) is 2.76. The summed E-state index contributed by atoms with van der Waals surface area (Å²) in [6.45, 7) is 4.81. The highest BCUT2D eigenvalue weighted by molar-refractivity contribution is 7.09. The Morgan fingerprint density at radius 3 is 2.79 bits per heavy atom. The molecule has 1 aromatic heterocycles. The first kappa shape index (κ1) is 13.8. The van der Waals surface area contributed by atoms with Gasteiger partial charge < -0.3 is 15.3 Å². The maximum atomic E-state index is 12.0. The second-order valence-corrected chi connectivity index (χ2v) is 6.16. The molecule has 104 valence electrons. The summed E-state index contributed by atoms with van der Waals surface area (Å²) in [6, 6.07) is -0.165. The second kappa shape index (κ2) is 5.16. The summed E-state index contributed by atoms with van der Waals surface area (Å²) in [7, 11) is 0. The van der Waals surface area contributed by atoms with Gasteiger partial charge in [-0.15, -0.1) is 11.3 Å². The molecule has 1 aliphatic heterocycles. The first-order chi connectivity index (χ1) is 8.88. The lowest BCUT2D eigenvalue weighted by Gasteiger charge is -2.40. The molecule has 7 heteroatoms. The van der Waals surface area contributed by atoms with Crippen molar-refractivity contribution in [2.75, 3.05) is 13.1 Å². The lowest BCUT2D eigenvalue weighted by atomic mass is 9.97. The van der Waals surface area contributed by atoms with Crippen LogP contribution in [-0.4, -0.2) is 40.1 Å². The van der Waals surface area contributed by atoms with Crippen molar-refractivity contribution in [1.82, 2.24) is 15.2 Å². The fourth-order valence-electron chi connectivity index (χ4n) is 2.04. The summed E-state index contributed by atoms with van der Waals surface area (Å²) in [4.78, 5) is 28.4. The van der Waals surface area contributed by atoms with Crippen LogP contribution < -0.4 is 5.32 Å². The highest BCUT2D eigenvalue weighted by Crippen LogP contribution is 2.24. The standard InChI is InChI=1S/C12H17N3O3S/c1-12(2,10-13-3-4-19-10)14-11(18)15-6-8(7-15)5-9(16)17/h3-4,8H,5-7H2,1-2H3,(H,14,18)(H,16,17). The molecule has 1 aromatic rings. The van der Waals surface area contributed by atoms with Gasteiger partial charge in [0.15, 0.2) is 0 Å². The number of carbonyl (C=O) groups is 2. The largest absolute Gasteiger partial charge is 0.481 e. The van der Waals surface area contributed by atoms with Crippen LogP contribution in [0.5, 0.6) is 0 Å². The van der Waals surface area contributed by atoms with Gasteiger partial charge >= 0.3 is 12.0 Å². The van der Waals surface area contributed by atoms with Crippen LogP contribution in [0.2, 0.25) is 0 Å². The summed E-state index contributed by atoms with van der Waals surface area (Å²) in [5.74, 6) is -0.737. The van der Waals surface area contributed by atoms with Crippen molar-refractivity contribution >= 4 is 23.3 Å². The molecule has 0 bridgehead atoms. The Morgan fingerprint density at radius 2 is 2.26 bits per heavy atom. The fraction of sp³-hybridized carbons (Fsp3) is 0.583. The molecular formula is C12H17N3O3S. The number of thiazole rings is 1. The molecule has 0 aliphatic carbocycles. The molecular weight excluding hydrogens is 266 g/mol. The third-order valence-corrected chi connectivity index (χ3v) is 4.19. The van der Waals surface area contributed by atoms with Crippen molar-refractivity contribution in [3.05, 3.63) is 16.6 Å². The van der Waals surface area contributed by atoms with E-state index in [9.17, 15) is 9.59 Å². The summed E-state index contributed by atoms with van der Waals surface area (Å²) < 4.78 is 0. The van der Waals surface area contributed by atoms with E-state index < -0.39 is 11.5 Å². The zero-order valence-corrected chi connectivity index (χ0v) is 11.7. The minimum atomic E-state index is -0.812. The molecule has 1 aliphatic rings. The highest BCUT2D eigenvalue weighted by Gasteiger charge is 2.35. The zero-order valence-electron chi connectivity index (χ0n) is 10.9. The van der Waals surface area contributed by atoms with E-state index in [1.165, 1.54) is 11.3 Å². The summed E-state index contributed by atoms with van der Waals surface area (Å²) >= 11 is 1.50. The predicted octanol–water partition coefficient (Wildman–Crippen LogP) is 1.49. The molecule has 6 nitrogen and oxygen atoms in total. The van der Waals surface area contributed by atoms with Crippen LogP contribution in [0.4, 0.5) is 4.79 Å². The molecule has 19 heavy (non-hydrogen) atoms. The quantitative estimate of drug-likeness (QED) is 0.877. The molecule has 2 N–H and O–H groups in total. The van der Waals surface area contributed by atoms with E-state index in [1.54, 1.807) is 11.1 Å². The Morgan fingerprint density at radius 1 is 1.58 bits per heavy atom. The number of urea groups is 1. The van der Waals surface area contributed by atoms with E-state index >= 15 is 0 Å². The summed E-state index contributed by atoms with van der Waals surface area (Å²) in [6.07, 6.45) is 1.83. The van der Waals surface area contributed by atoms with Gasteiger partial charge in [0, 0.05) is 30.6 Å². The molecule has 0 saturated carbocycles. The number of hydrogen-bond donors (Lipinski definition) is 2. The molecule has 1 saturated heterocycles. The van der Waals surface area contributed by atoms with Crippen LogP contribution in [0.15, 0.2) is 11.6 Å². The van der Waals surface area contributed by atoms with Crippen molar-refractivity contribution in [2.24, 2.45) is 5.92 Å². The van der Waals surface area contributed by atoms with Gasteiger partial charge in [0.05, 0.1) is 12.0 Å². The number of nitrogens with zero attached hydrogens (tertiary/aromatic N) is 2. The van der Waals surface area contributed by atoms with Gasteiger partial charge in [0.25, 0.3) is 0 Å². The van der Waals surface area contributed by atoms with E-state index in [0.29, 0.717) is 13.1 Å². The van der Waals surface area contributed by atoms with Crippen LogP contribution in [0.3, 0.4) is 0 Å². The lowest BCUT2D eigenvalue weighted by Crippen LogP contribution is -2.57. The van der Waals surface area contributed by atoms with Crippen molar-refractivity contribution in [1.29, 1.82) is 0 Å². The number of carbonyl (C=O) groups excluding carboxylic acids is 1. The smallest absolute Gasteiger partial charge is 0.318 e. The number of likely N-dealkylation sites (tertiary alicyclic amines) is 1. The SMILES string of the molecule is CC(C)(NC(=O)N1CC(CC(=O)O)C1)c1nccs1. The number of rotatable bonds is 4. The lowest BCUT2D eigenvalue weighted by molar-refractivity contribution is -0.139. The normalized spacial score (nSPS) is 16.0. The first-order valence-corrected chi connectivity index (χ1v) is 6.95. The average molecular weight is 283 g/mol. The predicted molar refractivity (Wildman–Crippen MR) is 71.0 cm³/mol. The van der Waals surface area contributed by atoms with E-state index in [0.717, 1.165) is 5.01 Å². The number of nitrogens with one attached hydrogen (secondary N) is 1. The number of carboxylic acids is 1. The van der Waals surface area contributed by atoms with Crippen molar-refractivity contribution in [2.45, 2.75) is 25.8 Å². The number of carboxylic acid groups (broad SMARTS) is 1. The van der Waals surface area contributed by atoms with Crippen molar-refractivity contribution < 1.29 is 14.7 Å². The van der Waals surface area contributed by atoms with Gasteiger partial charge in [-0.1, -0.05) is 0 Å². The third-order valence-electron chi connectivity index (χ3n) is 3.09. The maximum absolute atomic E-state index is 12.0. The molecule has 0 atom stereocenters. The molecule has 0 aromatic carbocycles. The van der Waals surface area contributed by atoms with Gasteiger partial charge in [0.1, 0.15) is 5.01 Å². The summed E-state index contributed by atoms with van der Waals surface area (Å²) in [5.41, 5.74) is -0.511. The highest BCUT2D eigenvalue weighted by atomic mass is 32.1. The number of amides is 2. The Kier molecular flexibility index (Phi) is 3.75. The molecule has 2 heterocycles. The minimum absolute atomic E-state index is 0.0752. The molecule has 0 unspecified atom stereocenters. The van der Waals surface area contributed by atoms with E-state index in [-0.39, 0.29) is 18.4 Å². The van der Waals surface area contributed by atoms with Gasteiger partial charge in [-0.05, 0) is 13.8 Å². The molecule has 2 rings (SSSR count). The van der Waals surface area contributed by atoms with Crippen LogP contribution in [0, 0.1) is 5.92 Å². The van der Waals surface area contributed by atoms with Gasteiger partial charge in [-0.25, -0.2) is 9.78 Å². The van der Waals surface area contributed by atoms with Gasteiger partial charge in [0.2, 0.25) is 0 Å². The van der Waals surface area contributed by atoms with Crippen LogP contribution in [0.1, 0.15) is 25.3 Å². The van der Waals surface area contributed by atoms with Crippen LogP contribution >= 0.6 is 11.3 Å². The van der Waals surface area contributed by atoms with Gasteiger partial charge in [-0.3, -0.25) is 4.79 Å². The first-order valence-electron chi connectivity index (χ1n) is 6.07. The maximum Gasteiger partial charge on any atom is 0.318 e.